The smallest absolute Gasteiger partial charge is 0.228 e. The molecular formula is C19H26ClN3O3. The SMILES string of the molecule is COc1cc(NC(=O)C2CC23CCNCC3)ccc1N1CCCC1=O.Cl. The predicted octanol–water partition coefficient (Wildman–Crippen LogP) is 2.57. The van der Waals surface area contributed by atoms with Crippen LogP contribution in [0.5, 0.6) is 5.75 Å². The molecule has 2 aliphatic heterocycles. The molecule has 3 fully saturated rings. The van der Waals surface area contributed by atoms with Crippen LogP contribution in [0.25, 0.3) is 0 Å². The van der Waals surface area contributed by atoms with Gasteiger partial charge in [-0.05, 0) is 56.3 Å². The first-order chi connectivity index (χ1) is 12.1. The van der Waals surface area contributed by atoms with Crippen molar-refractivity contribution >= 4 is 35.6 Å². The number of hydrogen-bond acceptors (Lipinski definition) is 4. The van der Waals surface area contributed by atoms with Crippen molar-refractivity contribution in [1.29, 1.82) is 0 Å². The number of nitrogens with one attached hydrogen (secondary N) is 2. The molecule has 0 aromatic heterocycles. The molecule has 0 radical (unpaired) electrons. The van der Waals surface area contributed by atoms with Gasteiger partial charge in [0.2, 0.25) is 11.8 Å². The summed E-state index contributed by atoms with van der Waals surface area (Å²) in [4.78, 5) is 26.3. The van der Waals surface area contributed by atoms with Crippen molar-refractivity contribution in [3.05, 3.63) is 18.2 Å². The molecule has 2 saturated heterocycles. The number of ether oxygens (including phenoxy) is 1. The second kappa shape index (κ2) is 7.45. The average molecular weight is 380 g/mol. The second-order valence-corrected chi connectivity index (χ2v) is 7.39. The van der Waals surface area contributed by atoms with Crippen molar-refractivity contribution < 1.29 is 14.3 Å². The highest BCUT2D eigenvalue weighted by atomic mass is 35.5. The first-order valence-corrected chi connectivity index (χ1v) is 9.13. The molecular weight excluding hydrogens is 354 g/mol. The molecule has 1 aromatic carbocycles. The molecule has 2 amide bonds. The highest BCUT2D eigenvalue weighted by molar-refractivity contribution is 5.98. The Balaban J connectivity index is 0.00000196. The number of nitrogens with zero attached hydrogens (tertiary/aromatic N) is 1. The van der Waals surface area contributed by atoms with Crippen molar-refractivity contribution in [2.45, 2.75) is 32.1 Å². The molecule has 26 heavy (non-hydrogen) atoms. The van der Waals surface area contributed by atoms with Crippen LogP contribution in [-0.2, 0) is 9.59 Å². The summed E-state index contributed by atoms with van der Waals surface area (Å²) in [6.07, 6.45) is 4.63. The minimum absolute atomic E-state index is 0. The topological polar surface area (TPSA) is 70.7 Å². The lowest BCUT2D eigenvalue weighted by atomic mass is 9.92. The van der Waals surface area contributed by atoms with E-state index < -0.39 is 0 Å². The number of amides is 2. The third-order valence-corrected chi connectivity index (χ3v) is 5.92. The Morgan fingerprint density at radius 2 is 2.12 bits per heavy atom. The van der Waals surface area contributed by atoms with E-state index in [1.54, 1.807) is 12.0 Å². The van der Waals surface area contributed by atoms with Gasteiger partial charge in [-0.3, -0.25) is 9.59 Å². The van der Waals surface area contributed by atoms with Gasteiger partial charge >= 0.3 is 0 Å². The molecule has 2 heterocycles. The van der Waals surface area contributed by atoms with Crippen LogP contribution in [-0.4, -0.2) is 38.6 Å². The van der Waals surface area contributed by atoms with Crippen LogP contribution in [0.4, 0.5) is 11.4 Å². The Hall–Kier alpha value is -1.79. The number of carbonyl (C=O) groups is 2. The highest BCUT2D eigenvalue weighted by Crippen LogP contribution is 2.58. The fourth-order valence-corrected chi connectivity index (χ4v) is 4.31. The first-order valence-electron chi connectivity index (χ1n) is 9.13. The van der Waals surface area contributed by atoms with Crippen LogP contribution in [0.2, 0.25) is 0 Å². The van der Waals surface area contributed by atoms with Crippen LogP contribution in [0, 0.1) is 11.3 Å². The van der Waals surface area contributed by atoms with E-state index in [-0.39, 0.29) is 35.6 Å². The summed E-state index contributed by atoms with van der Waals surface area (Å²) >= 11 is 0. The van der Waals surface area contributed by atoms with Crippen molar-refractivity contribution in [2.24, 2.45) is 11.3 Å². The molecule has 142 valence electrons. The van der Waals surface area contributed by atoms with Crippen molar-refractivity contribution in [1.82, 2.24) is 5.32 Å². The number of halogens is 1. The average Bonchev–Trinajstić information content (AvgIpc) is 3.14. The van der Waals surface area contributed by atoms with Crippen molar-refractivity contribution in [3.8, 4) is 5.75 Å². The van der Waals surface area contributed by atoms with Gasteiger partial charge in [0, 0.05) is 30.6 Å². The Labute approximate surface area is 160 Å². The molecule has 3 aliphatic rings. The standard InChI is InChI=1S/C19H25N3O3.ClH/c1-25-16-11-13(4-5-15(16)22-10-2-3-17(22)23)21-18(24)14-12-19(14)6-8-20-9-7-19;/h4-5,11,14,20H,2-3,6-10,12H2,1H3,(H,21,24);1H. The summed E-state index contributed by atoms with van der Waals surface area (Å²) < 4.78 is 5.46. The number of rotatable bonds is 4. The van der Waals surface area contributed by atoms with E-state index in [0.717, 1.165) is 56.7 Å². The van der Waals surface area contributed by atoms with E-state index in [1.807, 2.05) is 18.2 Å². The molecule has 1 spiro atoms. The summed E-state index contributed by atoms with van der Waals surface area (Å²) in [7, 11) is 1.59. The Bertz CT molecular complexity index is 703. The predicted molar refractivity (Wildman–Crippen MR) is 103 cm³/mol. The monoisotopic (exact) mass is 379 g/mol. The quantitative estimate of drug-likeness (QED) is 0.843. The van der Waals surface area contributed by atoms with Crippen LogP contribution < -0.4 is 20.3 Å². The molecule has 0 bridgehead atoms. The van der Waals surface area contributed by atoms with Gasteiger partial charge in [-0.15, -0.1) is 12.4 Å². The molecule has 1 atom stereocenters. The minimum atomic E-state index is 0. The van der Waals surface area contributed by atoms with Crippen LogP contribution in [0.15, 0.2) is 18.2 Å². The summed E-state index contributed by atoms with van der Waals surface area (Å²) in [5.41, 5.74) is 1.74. The molecule has 1 saturated carbocycles. The van der Waals surface area contributed by atoms with E-state index in [4.69, 9.17) is 4.74 Å². The molecule has 7 heteroatoms. The van der Waals surface area contributed by atoms with Gasteiger partial charge in [-0.25, -0.2) is 0 Å². The zero-order valence-electron chi connectivity index (χ0n) is 15.0. The molecule has 2 N–H and O–H groups in total. The van der Waals surface area contributed by atoms with E-state index >= 15 is 0 Å². The fraction of sp³-hybridized carbons (Fsp3) is 0.579. The number of hydrogen-bond donors (Lipinski definition) is 2. The third-order valence-electron chi connectivity index (χ3n) is 5.92. The number of benzene rings is 1. The Kier molecular flexibility index (Phi) is 5.44. The summed E-state index contributed by atoms with van der Waals surface area (Å²) in [5.74, 6) is 0.982. The summed E-state index contributed by atoms with van der Waals surface area (Å²) in [6.45, 7) is 2.74. The Morgan fingerprint density at radius 3 is 2.77 bits per heavy atom. The van der Waals surface area contributed by atoms with Crippen LogP contribution in [0.3, 0.4) is 0 Å². The van der Waals surface area contributed by atoms with Gasteiger partial charge in [0.1, 0.15) is 5.75 Å². The lowest BCUT2D eigenvalue weighted by Crippen LogP contribution is -2.31. The van der Waals surface area contributed by atoms with E-state index in [0.29, 0.717) is 12.2 Å². The zero-order chi connectivity index (χ0) is 17.4. The Morgan fingerprint density at radius 1 is 1.35 bits per heavy atom. The zero-order valence-corrected chi connectivity index (χ0v) is 15.9. The van der Waals surface area contributed by atoms with Gasteiger partial charge in [-0.2, -0.15) is 0 Å². The van der Waals surface area contributed by atoms with Gasteiger partial charge in [-0.1, -0.05) is 0 Å². The number of carbonyl (C=O) groups excluding carboxylic acids is 2. The minimum Gasteiger partial charge on any atom is -0.494 e. The summed E-state index contributed by atoms with van der Waals surface area (Å²) in [5, 5.41) is 6.40. The maximum atomic E-state index is 12.6. The number of methoxy groups -OCH3 is 1. The second-order valence-electron chi connectivity index (χ2n) is 7.39. The van der Waals surface area contributed by atoms with Gasteiger partial charge in [0.25, 0.3) is 0 Å². The lowest BCUT2D eigenvalue weighted by molar-refractivity contribution is -0.118. The maximum absolute atomic E-state index is 12.6. The molecule has 1 unspecified atom stereocenters. The molecule has 6 nitrogen and oxygen atoms in total. The largest absolute Gasteiger partial charge is 0.494 e. The summed E-state index contributed by atoms with van der Waals surface area (Å²) in [6, 6.07) is 5.54. The number of anilines is 2. The highest BCUT2D eigenvalue weighted by Gasteiger charge is 2.57. The van der Waals surface area contributed by atoms with Crippen molar-refractivity contribution in [2.75, 3.05) is 37.0 Å². The van der Waals surface area contributed by atoms with Crippen LogP contribution in [0.1, 0.15) is 32.1 Å². The normalized spacial score (nSPS) is 23.5. The molecule has 1 aromatic rings. The van der Waals surface area contributed by atoms with E-state index in [2.05, 4.69) is 10.6 Å². The third kappa shape index (κ3) is 3.40. The van der Waals surface area contributed by atoms with E-state index in [9.17, 15) is 9.59 Å². The van der Waals surface area contributed by atoms with Gasteiger partial charge in [0.15, 0.2) is 0 Å². The fourth-order valence-electron chi connectivity index (χ4n) is 4.31. The maximum Gasteiger partial charge on any atom is 0.228 e. The first kappa shape index (κ1) is 19.0. The van der Waals surface area contributed by atoms with E-state index in [1.165, 1.54) is 0 Å². The van der Waals surface area contributed by atoms with Crippen LogP contribution >= 0.6 is 12.4 Å². The number of piperidine rings is 1. The molecule has 1 aliphatic carbocycles. The lowest BCUT2D eigenvalue weighted by Gasteiger charge is -2.23. The van der Waals surface area contributed by atoms with Gasteiger partial charge in [0.05, 0.1) is 12.8 Å². The molecule has 4 rings (SSSR count). The van der Waals surface area contributed by atoms with Crippen molar-refractivity contribution in [3.63, 3.8) is 0 Å². The van der Waals surface area contributed by atoms with Gasteiger partial charge < -0.3 is 20.3 Å².